The molecule has 10 aromatic rings. The average Bonchev–Trinajstić information content (AvgIpc) is 3.14. The van der Waals surface area contributed by atoms with Crippen molar-refractivity contribution in [3.05, 3.63) is 144 Å². The Kier molecular flexibility index (Phi) is 6.55. The van der Waals surface area contributed by atoms with Crippen LogP contribution >= 0.6 is 0 Å². The maximum atomic E-state index is 12.6. The fourth-order valence-electron chi connectivity index (χ4n) is 8.35. The van der Waals surface area contributed by atoms with E-state index in [1.807, 2.05) is 24.3 Å². The molecule has 0 aliphatic heterocycles. The maximum absolute atomic E-state index is 12.6. The van der Waals surface area contributed by atoms with E-state index in [-0.39, 0.29) is 27.3 Å². The van der Waals surface area contributed by atoms with Crippen LogP contribution in [0.4, 0.5) is 0 Å². The molecule has 0 fully saturated rings. The van der Waals surface area contributed by atoms with E-state index in [9.17, 15) is 29.4 Å². The molecule has 10 rings (SSSR count). The van der Waals surface area contributed by atoms with Crippen molar-refractivity contribution in [2.45, 2.75) is 0 Å². The summed E-state index contributed by atoms with van der Waals surface area (Å²) >= 11 is 0. The molecule has 8 nitrogen and oxygen atoms in total. The predicted molar refractivity (Wildman–Crippen MR) is 206 cm³/mol. The summed E-state index contributed by atoms with van der Waals surface area (Å²) in [5.41, 5.74) is 9.24. The number of benzene rings is 10. The Morgan fingerprint density at radius 1 is 0.346 bits per heavy atom. The van der Waals surface area contributed by atoms with Crippen LogP contribution in [0.1, 0.15) is 41.4 Å². The minimum Gasteiger partial charge on any atom is -0.478 e. The molecule has 0 aliphatic rings. The molecule has 10 aromatic carbocycles. The minimum absolute atomic E-state index is 0.178. The highest BCUT2D eigenvalue weighted by molar-refractivity contribution is 6.41. The Morgan fingerprint density at radius 2 is 0.712 bits per heavy atom. The first-order valence-corrected chi connectivity index (χ1v) is 16.5. The molecule has 6 N–H and O–H groups in total. The maximum Gasteiger partial charge on any atom is 0.337 e. The Morgan fingerprint density at radius 3 is 1.08 bits per heavy atom. The van der Waals surface area contributed by atoms with Gasteiger partial charge in [-0.15, -0.1) is 0 Å². The van der Waals surface area contributed by atoms with E-state index in [0.717, 1.165) is 16.2 Å². The van der Waals surface area contributed by atoms with Crippen LogP contribution < -0.4 is 11.5 Å². The molecule has 0 saturated carbocycles. The van der Waals surface area contributed by atoms with Crippen molar-refractivity contribution in [3.8, 4) is 0 Å². The molecule has 2 amide bonds. The van der Waals surface area contributed by atoms with Gasteiger partial charge in [0.05, 0.1) is 22.3 Å². The van der Waals surface area contributed by atoms with Crippen LogP contribution in [0.15, 0.2) is 121 Å². The third-order valence-electron chi connectivity index (χ3n) is 10.2. The van der Waals surface area contributed by atoms with Crippen LogP contribution in [0.25, 0.3) is 86.2 Å². The van der Waals surface area contributed by atoms with Crippen molar-refractivity contribution < 1.29 is 29.4 Å². The van der Waals surface area contributed by atoms with Crippen LogP contribution in [-0.4, -0.2) is 34.0 Å². The van der Waals surface area contributed by atoms with Gasteiger partial charge in [0.1, 0.15) is 0 Å². The smallest absolute Gasteiger partial charge is 0.337 e. The highest BCUT2D eigenvalue weighted by atomic mass is 16.4. The van der Waals surface area contributed by atoms with Gasteiger partial charge >= 0.3 is 11.9 Å². The number of hydrogen-bond donors (Lipinski definition) is 4. The number of nitrogens with two attached hydrogens (primary N) is 2. The minimum atomic E-state index is -1.59. The second-order valence-electron chi connectivity index (χ2n) is 12.9. The molecule has 0 heterocycles. The molecule has 52 heavy (non-hydrogen) atoms. The number of rotatable bonds is 4. The Balaban J connectivity index is 0.000000153. The predicted octanol–water partition coefficient (Wildman–Crippen LogP) is 9.07. The van der Waals surface area contributed by atoms with Crippen molar-refractivity contribution in [2.75, 3.05) is 0 Å². The number of amides is 2. The van der Waals surface area contributed by atoms with Gasteiger partial charge in [0, 0.05) is 10.8 Å². The van der Waals surface area contributed by atoms with E-state index in [2.05, 4.69) is 72.8 Å². The standard InChI is InChI=1S/C24H14N2O6.C20H12/c25-21(27)18-16-12-6-2-4-9-3-1-5-10(14(9)12)11-7-8-13(23(29)30)17(15(11)16)20(24(31)32)19(18)22(26)28;1-5-13-6-2-11-17-18-12-4-8-14-7-3-10-16(20(14)18)15(9-1)19(13)17/h1-8H,(H2,25,27)(H2,26,28)(H,29,30)(H,31,32);1-12H. The van der Waals surface area contributed by atoms with Crippen molar-refractivity contribution in [1.29, 1.82) is 0 Å². The Bertz CT molecular complexity index is 3030. The third kappa shape index (κ3) is 4.15. The summed E-state index contributed by atoms with van der Waals surface area (Å²) in [6, 6.07) is 40.2. The molecule has 0 aliphatic carbocycles. The third-order valence-corrected chi connectivity index (χ3v) is 10.2. The molecule has 0 radical (unpaired) electrons. The Hall–Kier alpha value is -7.32. The molecule has 0 aromatic heterocycles. The number of fused-ring (bicyclic) bond motifs is 4. The second-order valence-corrected chi connectivity index (χ2v) is 12.9. The normalized spacial score (nSPS) is 11.7. The lowest BCUT2D eigenvalue weighted by Gasteiger charge is -2.21. The zero-order valence-electron chi connectivity index (χ0n) is 27.2. The van der Waals surface area contributed by atoms with Crippen LogP contribution in [0.3, 0.4) is 0 Å². The summed E-state index contributed by atoms with van der Waals surface area (Å²) in [7, 11) is 0. The highest BCUT2D eigenvalue weighted by Crippen LogP contribution is 2.45. The fraction of sp³-hybridized carbons (Fsp3) is 0. The number of carbonyl (C=O) groups is 4. The largest absolute Gasteiger partial charge is 0.478 e. The number of aromatic carboxylic acids is 2. The SMILES string of the molecule is NC(=O)c1c(C(=O)O)c2c(C(=O)O)ccc3c4cccc5cccc(c(c1C(N)=O)c23)c54.c1cc2cccc3c4cccc5cccc(c(c1)c23)c54. The van der Waals surface area contributed by atoms with Crippen molar-refractivity contribution >= 4 is 110 Å². The summed E-state index contributed by atoms with van der Waals surface area (Å²) in [5, 5.41) is 34.4. The molecule has 8 heteroatoms. The lowest BCUT2D eigenvalue weighted by Crippen LogP contribution is -2.25. The van der Waals surface area contributed by atoms with E-state index in [1.165, 1.54) is 49.2 Å². The molecule has 0 atom stereocenters. The number of carbonyl (C=O) groups excluding carboxylic acids is 2. The molecule has 0 saturated heterocycles. The van der Waals surface area contributed by atoms with Gasteiger partial charge in [-0.1, -0.05) is 115 Å². The summed E-state index contributed by atoms with van der Waals surface area (Å²) in [4.78, 5) is 49.4. The van der Waals surface area contributed by atoms with Gasteiger partial charge in [-0.2, -0.15) is 0 Å². The molecular formula is C44H26N2O6. The zero-order chi connectivity index (χ0) is 36.0. The van der Waals surface area contributed by atoms with Gasteiger partial charge in [-0.05, 0) is 81.5 Å². The van der Waals surface area contributed by atoms with E-state index < -0.39 is 34.9 Å². The van der Waals surface area contributed by atoms with Crippen molar-refractivity contribution in [2.24, 2.45) is 11.5 Å². The van der Waals surface area contributed by atoms with Gasteiger partial charge < -0.3 is 21.7 Å². The van der Waals surface area contributed by atoms with Crippen molar-refractivity contribution in [3.63, 3.8) is 0 Å². The van der Waals surface area contributed by atoms with E-state index in [4.69, 9.17) is 11.5 Å². The summed E-state index contributed by atoms with van der Waals surface area (Å²) < 4.78 is 0. The molecule has 0 bridgehead atoms. The summed E-state index contributed by atoms with van der Waals surface area (Å²) in [5.74, 6) is -5.21. The average molecular weight is 679 g/mol. The topological polar surface area (TPSA) is 161 Å². The van der Waals surface area contributed by atoms with E-state index in [1.54, 1.807) is 18.2 Å². The molecular weight excluding hydrogens is 652 g/mol. The first-order chi connectivity index (χ1) is 25.2. The van der Waals surface area contributed by atoms with Crippen LogP contribution in [0.5, 0.6) is 0 Å². The fourth-order valence-corrected chi connectivity index (χ4v) is 8.35. The first-order valence-electron chi connectivity index (χ1n) is 16.5. The van der Waals surface area contributed by atoms with Gasteiger partial charge in [-0.25, -0.2) is 9.59 Å². The molecule has 0 unspecified atom stereocenters. The quantitative estimate of drug-likeness (QED) is 0.107. The summed E-state index contributed by atoms with van der Waals surface area (Å²) in [6.07, 6.45) is 0. The molecule has 248 valence electrons. The number of carboxylic acids is 2. The highest BCUT2D eigenvalue weighted by Gasteiger charge is 2.32. The zero-order valence-corrected chi connectivity index (χ0v) is 27.2. The Labute approximate surface area is 293 Å². The van der Waals surface area contributed by atoms with Gasteiger partial charge in [0.15, 0.2) is 0 Å². The van der Waals surface area contributed by atoms with Crippen LogP contribution in [0, 0.1) is 0 Å². The van der Waals surface area contributed by atoms with E-state index in [0.29, 0.717) is 10.8 Å². The number of carboxylic acid groups (broad SMARTS) is 2. The monoisotopic (exact) mass is 678 g/mol. The van der Waals surface area contributed by atoms with Crippen LogP contribution in [-0.2, 0) is 0 Å². The lowest BCUT2D eigenvalue weighted by molar-refractivity contribution is 0.0693. The molecule has 0 spiro atoms. The number of hydrogen-bond acceptors (Lipinski definition) is 4. The lowest BCUT2D eigenvalue weighted by atomic mass is 9.81. The first kappa shape index (κ1) is 30.7. The second kappa shape index (κ2) is 11.1. The van der Waals surface area contributed by atoms with Crippen molar-refractivity contribution in [1.82, 2.24) is 0 Å². The van der Waals surface area contributed by atoms with Gasteiger partial charge in [-0.3, -0.25) is 9.59 Å². The van der Waals surface area contributed by atoms with Gasteiger partial charge in [0.25, 0.3) is 0 Å². The number of primary amides is 2. The van der Waals surface area contributed by atoms with Gasteiger partial charge in [0.2, 0.25) is 11.8 Å². The van der Waals surface area contributed by atoms with E-state index >= 15 is 0 Å². The summed E-state index contributed by atoms with van der Waals surface area (Å²) in [6.45, 7) is 0. The van der Waals surface area contributed by atoms with Crippen LogP contribution in [0.2, 0.25) is 0 Å².